The predicted molar refractivity (Wildman–Crippen MR) is 124 cm³/mol. The predicted octanol–water partition coefficient (Wildman–Crippen LogP) is 4.90. The summed E-state index contributed by atoms with van der Waals surface area (Å²) in [5.41, 5.74) is 1.99. The van der Waals surface area contributed by atoms with E-state index in [0.29, 0.717) is 25.3 Å². The van der Waals surface area contributed by atoms with Crippen LogP contribution < -0.4 is 19.4 Å². The number of pyridine rings is 1. The van der Waals surface area contributed by atoms with E-state index in [1.165, 1.54) is 44.9 Å². The number of hydrogen-bond donors (Lipinski definition) is 1. The van der Waals surface area contributed by atoms with Gasteiger partial charge in [0.2, 0.25) is 5.91 Å². The van der Waals surface area contributed by atoms with Crippen LogP contribution in [0.2, 0.25) is 0 Å². The van der Waals surface area contributed by atoms with Gasteiger partial charge in [-0.25, -0.2) is 4.57 Å². The van der Waals surface area contributed by atoms with Gasteiger partial charge in [-0.2, -0.15) is 0 Å². The van der Waals surface area contributed by atoms with Gasteiger partial charge < -0.3 is 14.8 Å². The Morgan fingerprint density at radius 1 is 0.903 bits per heavy atom. The second-order valence-corrected chi connectivity index (χ2v) is 8.13. The number of hydrogen-bond acceptors (Lipinski definition) is 3. The van der Waals surface area contributed by atoms with Crippen molar-refractivity contribution in [2.45, 2.75) is 71.3 Å². The number of rotatable bonds is 15. The molecular formula is C26H39N2O3+. The molecule has 0 atom stereocenters. The number of nitrogens with one attached hydrogen (secondary N) is 1. The molecule has 31 heavy (non-hydrogen) atoms. The maximum atomic E-state index is 12.3. The maximum absolute atomic E-state index is 12.3. The fourth-order valence-electron chi connectivity index (χ4n) is 3.46. The summed E-state index contributed by atoms with van der Waals surface area (Å²) in [6.45, 7) is 3.47. The molecule has 0 bridgehead atoms. The molecule has 1 aromatic carbocycles. The van der Waals surface area contributed by atoms with Crippen molar-refractivity contribution >= 4 is 5.91 Å². The fourth-order valence-corrected chi connectivity index (χ4v) is 3.46. The van der Waals surface area contributed by atoms with E-state index in [2.05, 4.69) is 12.2 Å². The highest BCUT2D eigenvalue weighted by molar-refractivity contribution is 5.78. The highest BCUT2D eigenvalue weighted by Gasteiger charge is 2.09. The number of nitrogens with zero attached hydrogens (tertiary/aromatic N) is 1. The maximum Gasteiger partial charge on any atom is 0.224 e. The van der Waals surface area contributed by atoms with Crippen LogP contribution in [0.15, 0.2) is 42.7 Å². The van der Waals surface area contributed by atoms with Gasteiger partial charge >= 0.3 is 0 Å². The molecule has 1 heterocycles. The van der Waals surface area contributed by atoms with Crippen LogP contribution in [0.4, 0.5) is 0 Å². The Morgan fingerprint density at radius 2 is 1.58 bits per heavy atom. The molecule has 170 valence electrons. The van der Waals surface area contributed by atoms with E-state index >= 15 is 0 Å². The standard InChI is InChI=1S/C26H38N2O3/c1-4-5-6-7-8-9-10-11-18-31-24-13-12-23(19-25(24)30-3)20-26(29)27-21-22-14-16-28(2)17-15-22/h12-17,19H,4-11,18,20-21H2,1-3H3/p+1. The van der Waals surface area contributed by atoms with Crippen LogP contribution in [0.5, 0.6) is 11.5 Å². The van der Waals surface area contributed by atoms with Gasteiger partial charge in [0.05, 0.1) is 20.1 Å². The van der Waals surface area contributed by atoms with Gasteiger partial charge in [0.25, 0.3) is 0 Å². The van der Waals surface area contributed by atoms with Gasteiger partial charge in [-0.15, -0.1) is 0 Å². The smallest absolute Gasteiger partial charge is 0.224 e. The number of carbonyl (C=O) groups excluding carboxylic acids is 1. The highest BCUT2D eigenvalue weighted by Crippen LogP contribution is 2.28. The van der Waals surface area contributed by atoms with E-state index in [-0.39, 0.29) is 5.91 Å². The molecule has 0 spiro atoms. The third kappa shape index (κ3) is 9.86. The first-order valence-electron chi connectivity index (χ1n) is 11.6. The summed E-state index contributed by atoms with van der Waals surface area (Å²) >= 11 is 0. The SMILES string of the molecule is CCCCCCCCCCOc1ccc(CC(=O)NCc2cc[n+](C)cc2)cc1OC. The molecule has 0 aliphatic heterocycles. The quantitative estimate of drug-likeness (QED) is 0.325. The Hall–Kier alpha value is -2.56. The number of ether oxygens (including phenoxy) is 2. The number of carbonyl (C=O) groups is 1. The second-order valence-electron chi connectivity index (χ2n) is 8.13. The van der Waals surface area contributed by atoms with Crippen molar-refractivity contribution in [1.82, 2.24) is 5.32 Å². The van der Waals surface area contributed by atoms with Gasteiger partial charge in [-0.05, 0) is 29.7 Å². The zero-order chi connectivity index (χ0) is 22.3. The summed E-state index contributed by atoms with van der Waals surface area (Å²) in [4.78, 5) is 12.3. The summed E-state index contributed by atoms with van der Waals surface area (Å²) in [7, 11) is 3.61. The first kappa shape index (κ1) is 24.7. The number of methoxy groups -OCH3 is 1. The third-order valence-corrected chi connectivity index (χ3v) is 5.39. The number of unbranched alkanes of at least 4 members (excludes halogenated alkanes) is 7. The lowest BCUT2D eigenvalue weighted by atomic mass is 10.1. The Morgan fingerprint density at radius 3 is 2.26 bits per heavy atom. The summed E-state index contributed by atoms with van der Waals surface area (Å²) in [6.07, 6.45) is 14.5. The van der Waals surface area contributed by atoms with Crippen molar-refractivity contribution in [3.63, 3.8) is 0 Å². The minimum absolute atomic E-state index is 0.0112. The molecule has 2 aromatic rings. The highest BCUT2D eigenvalue weighted by atomic mass is 16.5. The van der Waals surface area contributed by atoms with E-state index in [4.69, 9.17) is 9.47 Å². The molecule has 5 nitrogen and oxygen atoms in total. The molecule has 0 aliphatic rings. The van der Waals surface area contributed by atoms with Crippen LogP contribution in [0.1, 0.15) is 69.4 Å². The zero-order valence-corrected chi connectivity index (χ0v) is 19.5. The monoisotopic (exact) mass is 427 g/mol. The lowest BCUT2D eigenvalue weighted by Crippen LogP contribution is -2.28. The molecule has 5 heteroatoms. The van der Waals surface area contributed by atoms with Gasteiger partial charge in [-0.3, -0.25) is 4.79 Å². The summed E-state index contributed by atoms with van der Waals surface area (Å²) < 4.78 is 13.4. The first-order valence-corrected chi connectivity index (χ1v) is 11.6. The summed E-state index contributed by atoms with van der Waals surface area (Å²) in [5, 5.41) is 2.97. The molecular weight excluding hydrogens is 388 g/mol. The van der Waals surface area contributed by atoms with E-state index in [9.17, 15) is 4.79 Å². The average molecular weight is 428 g/mol. The minimum Gasteiger partial charge on any atom is -0.493 e. The Bertz CT molecular complexity index is 775. The first-order chi connectivity index (χ1) is 15.1. The van der Waals surface area contributed by atoms with Crippen molar-refractivity contribution in [2.24, 2.45) is 7.05 Å². The Labute approximate surface area is 187 Å². The van der Waals surface area contributed by atoms with Crippen molar-refractivity contribution < 1.29 is 18.8 Å². The Kier molecular flexibility index (Phi) is 11.5. The van der Waals surface area contributed by atoms with Crippen LogP contribution in [0.25, 0.3) is 0 Å². The van der Waals surface area contributed by atoms with E-state index in [0.717, 1.165) is 23.3 Å². The van der Waals surface area contributed by atoms with Crippen LogP contribution >= 0.6 is 0 Å². The fraction of sp³-hybridized carbons (Fsp3) is 0.538. The van der Waals surface area contributed by atoms with E-state index in [1.807, 2.05) is 54.3 Å². The molecule has 0 radical (unpaired) electrons. The molecule has 1 amide bonds. The van der Waals surface area contributed by atoms with E-state index in [1.54, 1.807) is 7.11 Å². The van der Waals surface area contributed by atoms with Crippen molar-refractivity contribution in [3.8, 4) is 11.5 Å². The van der Waals surface area contributed by atoms with Crippen LogP contribution in [0.3, 0.4) is 0 Å². The van der Waals surface area contributed by atoms with Gasteiger partial charge in [0, 0.05) is 18.7 Å². The lowest BCUT2D eigenvalue weighted by Gasteiger charge is -2.12. The number of benzene rings is 1. The number of aromatic nitrogens is 1. The summed E-state index contributed by atoms with van der Waals surface area (Å²) in [6, 6.07) is 9.74. The van der Waals surface area contributed by atoms with Crippen LogP contribution in [-0.2, 0) is 24.8 Å². The lowest BCUT2D eigenvalue weighted by molar-refractivity contribution is -0.671. The molecule has 0 unspecified atom stereocenters. The molecule has 0 saturated heterocycles. The van der Waals surface area contributed by atoms with Crippen LogP contribution in [0, 0.1) is 0 Å². The molecule has 0 saturated carbocycles. The zero-order valence-electron chi connectivity index (χ0n) is 19.5. The molecule has 2 rings (SSSR count). The topological polar surface area (TPSA) is 51.4 Å². The van der Waals surface area contributed by atoms with Crippen molar-refractivity contribution in [2.75, 3.05) is 13.7 Å². The number of amides is 1. The summed E-state index contributed by atoms with van der Waals surface area (Å²) in [5.74, 6) is 1.41. The third-order valence-electron chi connectivity index (χ3n) is 5.39. The van der Waals surface area contributed by atoms with Crippen molar-refractivity contribution in [1.29, 1.82) is 0 Å². The van der Waals surface area contributed by atoms with Gasteiger partial charge in [0.1, 0.15) is 7.05 Å². The molecule has 0 fully saturated rings. The van der Waals surface area contributed by atoms with Gasteiger partial charge in [0.15, 0.2) is 23.9 Å². The van der Waals surface area contributed by atoms with Crippen LogP contribution in [-0.4, -0.2) is 19.6 Å². The van der Waals surface area contributed by atoms with Crippen molar-refractivity contribution in [3.05, 3.63) is 53.9 Å². The van der Waals surface area contributed by atoms with Gasteiger partial charge in [-0.1, -0.05) is 57.9 Å². The number of aryl methyl sites for hydroxylation is 1. The molecule has 1 N–H and O–H groups in total. The molecule has 0 aliphatic carbocycles. The normalized spacial score (nSPS) is 10.7. The Balaban J connectivity index is 1.71. The molecule has 1 aromatic heterocycles. The van der Waals surface area contributed by atoms with E-state index < -0.39 is 0 Å². The minimum atomic E-state index is -0.0112. The second kappa shape index (κ2) is 14.4. The average Bonchev–Trinajstić information content (AvgIpc) is 2.78. The largest absolute Gasteiger partial charge is 0.493 e.